The molecule has 0 aliphatic carbocycles. The number of nitrogens with zero attached hydrogens (tertiary/aromatic N) is 1. The van der Waals surface area contributed by atoms with E-state index in [0.29, 0.717) is 27.8 Å². The van der Waals surface area contributed by atoms with Gasteiger partial charge in [0.2, 0.25) is 5.91 Å². The summed E-state index contributed by atoms with van der Waals surface area (Å²) in [5.41, 5.74) is 4.76. The molecule has 0 aliphatic heterocycles. The second kappa shape index (κ2) is 13.7. The van der Waals surface area contributed by atoms with Gasteiger partial charge in [0, 0.05) is 29.1 Å². The van der Waals surface area contributed by atoms with Gasteiger partial charge in [0.05, 0.1) is 0 Å². The monoisotopic (exact) mass is 554 g/mol. The van der Waals surface area contributed by atoms with E-state index in [4.69, 9.17) is 27.9 Å². The highest BCUT2D eigenvalue weighted by molar-refractivity contribution is 6.35. The zero-order chi connectivity index (χ0) is 27.8. The Kier molecular flexibility index (Phi) is 10.6. The summed E-state index contributed by atoms with van der Waals surface area (Å²) in [4.78, 5) is 29.0. The second-order valence-corrected chi connectivity index (χ2v) is 10.6. The van der Waals surface area contributed by atoms with E-state index in [-0.39, 0.29) is 31.0 Å². The van der Waals surface area contributed by atoms with Crippen LogP contribution in [0.15, 0.2) is 60.7 Å². The molecule has 5 nitrogen and oxygen atoms in total. The van der Waals surface area contributed by atoms with Gasteiger partial charge in [-0.15, -0.1) is 0 Å². The predicted molar refractivity (Wildman–Crippen MR) is 155 cm³/mol. The van der Waals surface area contributed by atoms with Crippen molar-refractivity contribution in [1.82, 2.24) is 10.2 Å². The number of hydrogen-bond acceptors (Lipinski definition) is 3. The molecule has 0 radical (unpaired) electrons. The third-order valence-electron chi connectivity index (χ3n) is 6.74. The Morgan fingerprint density at radius 3 is 2.37 bits per heavy atom. The number of amides is 2. The molecule has 3 aromatic rings. The van der Waals surface area contributed by atoms with Crippen LogP contribution in [0.25, 0.3) is 0 Å². The van der Waals surface area contributed by atoms with Gasteiger partial charge in [0.1, 0.15) is 11.8 Å². The summed E-state index contributed by atoms with van der Waals surface area (Å²) in [5.74, 6) is 0.128. The molecular formula is C31H36Cl2N2O3. The quantitative estimate of drug-likeness (QED) is 0.282. The van der Waals surface area contributed by atoms with Crippen LogP contribution in [0.2, 0.25) is 10.0 Å². The van der Waals surface area contributed by atoms with Crippen molar-refractivity contribution in [3.8, 4) is 5.75 Å². The number of halogens is 2. The number of carbonyl (C=O) groups excluding carboxylic acids is 2. The number of carbonyl (C=O) groups is 2. The van der Waals surface area contributed by atoms with Crippen LogP contribution < -0.4 is 10.1 Å². The minimum atomic E-state index is -0.769. The molecule has 3 rings (SSSR count). The molecule has 2 atom stereocenters. The second-order valence-electron chi connectivity index (χ2n) is 9.77. The van der Waals surface area contributed by atoms with Crippen LogP contribution in [0.5, 0.6) is 5.75 Å². The van der Waals surface area contributed by atoms with Gasteiger partial charge in [-0.1, -0.05) is 72.6 Å². The molecule has 3 aromatic carbocycles. The topological polar surface area (TPSA) is 58.6 Å². The highest BCUT2D eigenvalue weighted by Gasteiger charge is 2.31. The standard InChI is InChI=1S/C31H36Cl2N2O3/c1-6-22(4)34-31(37)28(16-24-10-8-7-9-11-24)35(18-25-12-13-26(32)17-27(25)33)30(36)19-38-29-15-20(2)14-21(3)23(29)5/h7-15,17,22,28H,6,16,18-19H2,1-5H3,(H,34,37)/t22-,28+/m1/s1. The van der Waals surface area contributed by atoms with Gasteiger partial charge in [-0.25, -0.2) is 0 Å². The smallest absolute Gasteiger partial charge is 0.261 e. The molecule has 0 aromatic heterocycles. The lowest BCUT2D eigenvalue weighted by atomic mass is 10.0. The lowest BCUT2D eigenvalue weighted by Gasteiger charge is -2.32. The van der Waals surface area contributed by atoms with Gasteiger partial charge < -0.3 is 15.0 Å². The lowest BCUT2D eigenvalue weighted by molar-refractivity contribution is -0.143. The van der Waals surface area contributed by atoms with Crippen LogP contribution in [0.4, 0.5) is 0 Å². The van der Waals surface area contributed by atoms with Gasteiger partial charge in [-0.2, -0.15) is 0 Å². The first-order valence-corrected chi connectivity index (χ1v) is 13.6. The molecule has 0 fully saturated rings. The summed E-state index contributed by atoms with van der Waals surface area (Å²) < 4.78 is 6.03. The number of ether oxygens (including phenoxy) is 1. The average Bonchev–Trinajstić information content (AvgIpc) is 2.88. The normalized spacial score (nSPS) is 12.5. The number of rotatable bonds is 11. The minimum Gasteiger partial charge on any atom is -0.483 e. The molecule has 1 N–H and O–H groups in total. The number of nitrogens with one attached hydrogen (secondary N) is 1. The van der Waals surface area contributed by atoms with Crippen molar-refractivity contribution in [3.05, 3.63) is 98.5 Å². The van der Waals surface area contributed by atoms with Crippen LogP contribution in [0, 0.1) is 20.8 Å². The Bertz CT molecular complexity index is 1260. The Hall–Kier alpha value is -3.02. The van der Waals surface area contributed by atoms with E-state index >= 15 is 0 Å². The Morgan fingerprint density at radius 2 is 1.71 bits per heavy atom. The first kappa shape index (κ1) is 29.5. The molecule has 202 valence electrons. The van der Waals surface area contributed by atoms with Crippen LogP contribution in [0.1, 0.15) is 48.1 Å². The van der Waals surface area contributed by atoms with E-state index in [1.54, 1.807) is 23.1 Å². The van der Waals surface area contributed by atoms with Gasteiger partial charge in [-0.3, -0.25) is 9.59 Å². The molecule has 0 saturated carbocycles. The SMILES string of the molecule is CC[C@@H](C)NC(=O)[C@H](Cc1ccccc1)N(Cc1ccc(Cl)cc1Cl)C(=O)COc1cc(C)cc(C)c1C. The lowest BCUT2D eigenvalue weighted by Crippen LogP contribution is -2.53. The summed E-state index contributed by atoms with van der Waals surface area (Å²) >= 11 is 12.6. The molecule has 0 heterocycles. The number of aryl methyl sites for hydroxylation is 2. The van der Waals surface area contributed by atoms with Gasteiger partial charge >= 0.3 is 0 Å². The molecule has 38 heavy (non-hydrogen) atoms. The van der Waals surface area contributed by atoms with Crippen molar-refractivity contribution in [2.45, 2.75) is 66.1 Å². The van der Waals surface area contributed by atoms with Crippen molar-refractivity contribution in [2.24, 2.45) is 0 Å². The molecule has 0 unspecified atom stereocenters. The van der Waals surface area contributed by atoms with Crippen molar-refractivity contribution >= 4 is 35.0 Å². The van der Waals surface area contributed by atoms with E-state index in [2.05, 4.69) is 11.4 Å². The highest BCUT2D eigenvalue weighted by atomic mass is 35.5. The third kappa shape index (κ3) is 7.99. The number of benzene rings is 3. The fourth-order valence-electron chi connectivity index (χ4n) is 4.20. The van der Waals surface area contributed by atoms with E-state index in [1.165, 1.54) is 0 Å². The average molecular weight is 556 g/mol. The zero-order valence-corrected chi connectivity index (χ0v) is 24.2. The van der Waals surface area contributed by atoms with Gasteiger partial charge in [-0.05, 0) is 80.1 Å². The Labute approximate surface area is 236 Å². The largest absolute Gasteiger partial charge is 0.483 e. The summed E-state index contributed by atoms with van der Waals surface area (Å²) in [7, 11) is 0. The first-order valence-electron chi connectivity index (χ1n) is 12.9. The van der Waals surface area contributed by atoms with Crippen LogP contribution in [-0.2, 0) is 22.6 Å². The third-order valence-corrected chi connectivity index (χ3v) is 7.33. The molecule has 2 amide bonds. The molecule has 0 spiro atoms. The van der Waals surface area contributed by atoms with Crippen molar-refractivity contribution in [3.63, 3.8) is 0 Å². The van der Waals surface area contributed by atoms with Gasteiger partial charge in [0.25, 0.3) is 5.91 Å². The maximum Gasteiger partial charge on any atom is 0.261 e. The highest BCUT2D eigenvalue weighted by Crippen LogP contribution is 2.26. The minimum absolute atomic E-state index is 0.0361. The fraction of sp³-hybridized carbons (Fsp3) is 0.355. The summed E-state index contributed by atoms with van der Waals surface area (Å²) in [6, 6.07) is 18.0. The van der Waals surface area contributed by atoms with Crippen molar-refractivity contribution < 1.29 is 14.3 Å². The van der Waals surface area contributed by atoms with Crippen molar-refractivity contribution in [1.29, 1.82) is 0 Å². The first-order chi connectivity index (χ1) is 18.1. The molecule has 0 bridgehead atoms. The maximum absolute atomic E-state index is 13.8. The summed E-state index contributed by atoms with van der Waals surface area (Å²) in [5, 5.41) is 4.00. The van der Waals surface area contributed by atoms with E-state index in [0.717, 1.165) is 28.7 Å². The Balaban J connectivity index is 1.98. The number of hydrogen-bond donors (Lipinski definition) is 1. The Morgan fingerprint density at radius 1 is 1.00 bits per heavy atom. The molecule has 0 saturated heterocycles. The molecular weight excluding hydrogens is 519 g/mol. The van der Waals surface area contributed by atoms with Crippen molar-refractivity contribution in [2.75, 3.05) is 6.61 Å². The summed E-state index contributed by atoms with van der Waals surface area (Å²) in [6.45, 7) is 9.86. The zero-order valence-electron chi connectivity index (χ0n) is 22.7. The van der Waals surface area contributed by atoms with Crippen LogP contribution in [0.3, 0.4) is 0 Å². The van der Waals surface area contributed by atoms with Gasteiger partial charge in [0.15, 0.2) is 6.61 Å². The van der Waals surface area contributed by atoms with E-state index < -0.39 is 6.04 Å². The van der Waals surface area contributed by atoms with E-state index in [9.17, 15) is 9.59 Å². The van der Waals surface area contributed by atoms with Crippen LogP contribution in [-0.4, -0.2) is 35.4 Å². The van der Waals surface area contributed by atoms with Crippen LogP contribution >= 0.6 is 23.2 Å². The summed E-state index contributed by atoms with van der Waals surface area (Å²) in [6.07, 6.45) is 1.12. The molecule has 7 heteroatoms. The maximum atomic E-state index is 13.8. The predicted octanol–water partition coefficient (Wildman–Crippen LogP) is 6.85. The fourth-order valence-corrected chi connectivity index (χ4v) is 4.67. The van der Waals surface area contributed by atoms with E-state index in [1.807, 2.05) is 71.0 Å². The molecule has 0 aliphatic rings.